The molecular weight excluding hydrogens is 580 g/mol. The Bertz CT molecular complexity index is 2170. The van der Waals surface area contributed by atoms with Crippen molar-refractivity contribution in [1.29, 1.82) is 0 Å². The van der Waals surface area contributed by atoms with E-state index in [1.807, 2.05) is 97.1 Å². The van der Waals surface area contributed by atoms with Gasteiger partial charge in [0.25, 0.3) is 0 Å². The largest absolute Gasteiger partial charge is 0.493 e. The van der Waals surface area contributed by atoms with Crippen LogP contribution in [-0.4, -0.2) is 25.0 Å². The fourth-order valence-corrected chi connectivity index (χ4v) is 7.11. The van der Waals surface area contributed by atoms with Gasteiger partial charge >= 0.3 is 0 Å². The van der Waals surface area contributed by atoms with Crippen molar-refractivity contribution >= 4 is 16.8 Å². The molecule has 1 N–H and O–H groups in total. The molecule has 46 heavy (non-hydrogen) atoms. The summed E-state index contributed by atoms with van der Waals surface area (Å²) in [7, 11) is 0. The molecule has 5 aromatic rings. The minimum absolute atomic E-state index is 0.117. The number of benzene rings is 5. The Labute approximate surface area is 263 Å². The molecule has 0 radical (unpaired) electrons. The molecule has 0 saturated carbocycles. The maximum absolute atomic E-state index is 12.5. The minimum Gasteiger partial charge on any atom is -0.493 e. The number of fused-ring (bicyclic) bond motifs is 9. The molecule has 3 aliphatic rings. The van der Waals surface area contributed by atoms with Gasteiger partial charge < -0.3 is 19.3 Å². The number of hydrogen-bond donors (Lipinski definition) is 1. The summed E-state index contributed by atoms with van der Waals surface area (Å²) in [5.41, 5.74) is 22.0. The van der Waals surface area contributed by atoms with Gasteiger partial charge in [-0.15, -0.1) is 0 Å². The average molecular weight is 607 g/mol. The van der Waals surface area contributed by atoms with Gasteiger partial charge in [0.15, 0.2) is 12.3 Å². The van der Waals surface area contributed by atoms with Gasteiger partial charge in [-0.1, -0.05) is 83.0 Å². The molecule has 10 heteroatoms. The Balaban J connectivity index is 1.40. The topological polar surface area (TPSA) is 145 Å². The van der Waals surface area contributed by atoms with E-state index >= 15 is 0 Å². The first kappa shape index (κ1) is 27.6. The summed E-state index contributed by atoms with van der Waals surface area (Å²) >= 11 is 0. The van der Waals surface area contributed by atoms with Crippen LogP contribution in [0.4, 0.5) is 0 Å². The van der Waals surface area contributed by atoms with Crippen LogP contribution in [0.25, 0.3) is 48.9 Å². The van der Waals surface area contributed by atoms with Crippen LogP contribution in [0.5, 0.6) is 17.2 Å². The van der Waals surface area contributed by atoms with Crippen molar-refractivity contribution in [3.05, 3.63) is 151 Å². The molecule has 8 rings (SSSR count). The fraction of sp³-hybridized carbons (Fsp3) is 0.167. The number of rotatable bonds is 7. The van der Waals surface area contributed by atoms with Crippen LogP contribution in [0, 0.1) is 0 Å². The minimum atomic E-state index is -1.57. The molecule has 0 saturated heterocycles. The number of ether oxygens (including phenoxy) is 3. The third kappa shape index (κ3) is 4.02. The SMILES string of the molecule is [N-]=[N+]=NCOc1ccc(C2(c3ccccc3)C=Cc3c4c(c5cc6c(cc5c3O2)OCC6)-c2ccccc2C4(O)CN=[N+]=[N-])cc1. The molecule has 0 fully saturated rings. The van der Waals surface area contributed by atoms with E-state index < -0.39 is 11.2 Å². The lowest BCUT2D eigenvalue weighted by Crippen LogP contribution is -2.36. The van der Waals surface area contributed by atoms with Crippen LogP contribution >= 0.6 is 0 Å². The van der Waals surface area contributed by atoms with Crippen molar-refractivity contribution in [2.24, 2.45) is 10.2 Å². The van der Waals surface area contributed by atoms with E-state index in [-0.39, 0.29) is 13.3 Å². The second-order valence-corrected chi connectivity index (χ2v) is 11.5. The molecule has 0 bridgehead atoms. The van der Waals surface area contributed by atoms with E-state index in [4.69, 9.17) is 19.7 Å². The van der Waals surface area contributed by atoms with Gasteiger partial charge in [-0.2, -0.15) is 0 Å². The van der Waals surface area contributed by atoms with E-state index in [2.05, 4.69) is 26.1 Å². The van der Waals surface area contributed by atoms with E-state index in [1.165, 1.54) is 0 Å². The van der Waals surface area contributed by atoms with E-state index in [9.17, 15) is 10.6 Å². The number of hydrogen-bond acceptors (Lipinski definition) is 6. The van der Waals surface area contributed by atoms with Crippen LogP contribution in [-0.2, 0) is 17.6 Å². The van der Waals surface area contributed by atoms with Gasteiger partial charge in [-0.05, 0) is 69.0 Å². The van der Waals surface area contributed by atoms with E-state index in [0.717, 1.165) is 50.8 Å². The van der Waals surface area contributed by atoms with Gasteiger partial charge in [0.2, 0.25) is 0 Å². The Hall–Kier alpha value is -5.92. The van der Waals surface area contributed by atoms with Crippen LogP contribution in [0.15, 0.2) is 107 Å². The third-order valence-electron chi connectivity index (χ3n) is 9.11. The van der Waals surface area contributed by atoms with Crippen molar-refractivity contribution in [1.82, 2.24) is 0 Å². The van der Waals surface area contributed by atoms with Gasteiger partial charge in [-0.3, -0.25) is 0 Å². The van der Waals surface area contributed by atoms with Crippen molar-refractivity contribution < 1.29 is 19.3 Å². The number of aliphatic hydroxyl groups is 1. The molecule has 0 aromatic heterocycles. The molecule has 0 amide bonds. The zero-order chi connectivity index (χ0) is 31.3. The average Bonchev–Trinajstić information content (AvgIpc) is 3.67. The highest BCUT2D eigenvalue weighted by Gasteiger charge is 2.47. The summed E-state index contributed by atoms with van der Waals surface area (Å²) in [6.45, 7) is 0.304. The highest BCUT2D eigenvalue weighted by molar-refractivity contribution is 6.09. The molecule has 2 unspecified atom stereocenters. The first-order valence-corrected chi connectivity index (χ1v) is 14.9. The monoisotopic (exact) mass is 606 g/mol. The Morgan fingerprint density at radius 2 is 1.63 bits per heavy atom. The summed E-state index contributed by atoms with van der Waals surface area (Å²) < 4.78 is 18.9. The molecule has 10 nitrogen and oxygen atoms in total. The lowest BCUT2D eigenvalue weighted by atomic mass is 9.80. The highest BCUT2D eigenvalue weighted by atomic mass is 16.5. The maximum atomic E-state index is 12.5. The highest BCUT2D eigenvalue weighted by Crippen LogP contribution is 2.58. The van der Waals surface area contributed by atoms with Crippen LogP contribution in [0.3, 0.4) is 0 Å². The predicted molar refractivity (Wildman–Crippen MR) is 174 cm³/mol. The van der Waals surface area contributed by atoms with Gasteiger partial charge in [-0.25, -0.2) is 0 Å². The standard InChI is InChI=1S/C36H26N6O4/c37-41-39-20-35(43)30-9-5-4-8-26(30)32-28-18-22-15-17-44-31(22)19-29(28)34-27(33(32)35)14-16-36(46-34,23-6-2-1-3-7-23)24-10-12-25(13-11-24)45-21-40-42-38/h1-14,16,18-19,43H,15,17,20-21H2. The predicted octanol–water partition coefficient (Wildman–Crippen LogP) is 8.30. The van der Waals surface area contributed by atoms with Crippen LogP contribution in [0.1, 0.15) is 33.4 Å². The van der Waals surface area contributed by atoms with Gasteiger partial charge in [0.05, 0.1) is 13.2 Å². The fourth-order valence-electron chi connectivity index (χ4n) is 7.11. The number of nitrogens with zero attached hydrogens (tertiary/aromatic N) is 6. The lowest BCUT2D eigenvalue weighted by Gasteiger charge is -2.38. The second-order valence-electron chi connectivity index (χ2n) is 11.5. The van der Waals surface area contributed by atoms with Gasteiger partial charge in [0, 0.05) is 43.9 Å². The second kappa shape index (κ2) is 10.6. The van der Waals surface area contributed by atoms with Crippen LogP contribution < -0.4 is 14.2 Å². The zero-order valence-corrected chi connectivity index (χ0v) is 24.5. The van der Waals surface area contributed by atoms with Gasteiger partial charge in [0.1, 0.15) is 22.8 Å². The van der Waals surface area contributed by atoms with E-state index in [0.29, 0.717) is 34.8 Å². The molecule has 2 atom stereocenters. The molecular formula is C36H26N6O4. The van der Waals surface area contributed by atoms with E-state index in [1.54, 1.807) is 0 Å². The first-order chi connectivity index (χ1) is 22.6. The third-order valence-corrected chi connectivity index (χ3v) is 9.11. The number of azide groups is 2. The summed E-state index contributed by atoms with van der Waals surface area (Å²) in [6, 6.07) is 29.4. The Kier molecular flexibility index (Phi) is 6.37. The Morgan fingerprint density at radius 1 is 0.870 bits per heavy atom. The molecule has 5 aromatic carbocycles. The molecule has 0 spiro atoms. The lowest BCUT2D eigenvalue weighted by molar-refractivity contribution is 0.0937. The first-order valence-electron chi connectivity index (χ1n) is 14.9. The van der Waals surface area contributed by atoms with Crippen molar-refractivity contribution in [2.45, 2.75) is 17.6 Å². The summed E-state index contributed by atoms with van der Waals surface area (Å²) in [4.78, 5) is 5.76. The molecule has 1 aliphatic carbocycles. The smallest absolute Gasteiger partial charge is 0.178 e. The van der Waals surface area contributed by atoms with Crippen molar-refractivity contribution in [3.63, 3.8) is 0 Å². The van der Waals surface area contributed by atoms with Crippen molar-refractivity contribution in [3.8, 4) is 28.4 Å². The van der Waals surface area contributed by atoms with Crippen LogP contribution in [0.2, 0.25) is 0 Å². The molecule has 2 aliphatic heterocycles. The quantitative estimate of drug-likeness (QED) is 0.113. The summed E-state index contributed by atoms with van der Waals surface area (Å²) in [5.74, 6) is 1.96. The Morgan fingerprint density at radius 3 is 2.43 bits per heavy atom. The van der Waals surface area contributed by atoms with Crippen molar-refractivity contribution in [2.75, 3.05) is 19.9 Å². The normalized spacial score (nSPS) is 19.8. The maximum Gasteiger partial charge on any atom is 0.178 e. The summed E-state index contributed by atoms with van der Waals surface area (Å²) in [5, 5.41) is 21.6. The molecule has 224 valence electrons. The zero-order valence-electron chi connectivity index (χ0n) is 24.5. The summed E-state index contributed by atoms with van der Waals surface area (Å²) in [6.07, 6.45) is 4.80. The molecule has 2 heterocycles.